The Bertz CT molecular complexity index is 896. The first-order valence-electron chi connectivity index (χ1n) is 10.5. The van der Waals surface area contributed by atoms with Crippen molar-refractivity contribution in [3.8, 4) is 11.5 Å². The zero-order valence-corrected chi connectivity index (χ0v) is 19.2. The Hall–Kier alpha value is -3.75. The van der Waals surface area contributed by atoms with E-state index in [9.17, 15) is 14.4 Å². The van der Waals surface area contributed by atoms with Crippen LogP contribution in [0.5, 0.6) is 11.5 Å². The van der Waals surface area contributed by atoms with Gasteiger partial charge in [-0.1, -0.05) is 30.3 Å². The predicted molar refractivity (Wildman–Crippen MR) is 121 cm³/mol. The third-order valence-electron chi connectivity index (χ3n) is 4.73. The van der Waals surface area contributed by atoms with Gasteiger partial charge in [0.2, 0.25) is 5.91 Å². The Kier molecular flexibility index (Phi) is 10.5. The molecule has 9 nitrogen and oxygen atoms in total. The van der Waals surface area contributed by atoms with Crippen LogP contribution in [0.3, 0.4) is 0 Å². The van der Waals surface area contributed by atoms with Gasteiger partial charge in [0.1, 0.15) is 24.7 Å². The van der Waals surface area contributed by atoms with Crippen LogP contribution in [-0.2, 0) is 32.2 Å². The Morgan fingerprint density at radius 1 is 0.909 bits per heavy atom. The summed E-state index contributed by atoms with van der Waals surface area (Å²) in [7, 11) is 4.34. The summed E-state index contributed by atoms with van der Waals surface area (Å²) in [6.07, 6.45) is -0.0312. The van der Waals surface area contributed by atoms with Crippen molar-refractivity contribution in [2.24, 2.45) is 0 Å². The van der Waals surface area contributed by atoms with Crippen LogP contribution in [0.25, 0.3) is 0 Å². The number of carbonyl (C=O) groups is 3. The Balaban J connectivity index is 1.86. The second-order valence-corrected chi connectivity index (χ2v) is 7.14. The lowest BCUT2D eigenvalue weighted by atomic mass is 10.1. The number of alkyl carbamates (subject to hydrolysis) is 1. The first-order chi connectivity index (χ1) is 15.9. The van der Waals surface area contributed by atoms with Gasteiger partial charge in [0.25, 0.3) is 0 Å². The summed E-state index contributed by atoms with van der Waals surface area (Å²) < 4.78 is 20.4. The molecule has 0 aliphatic heterocycles. The number of rotatable bonds is 12. The smallest absolute Gasteiger partial charge is 0.407 e. The van der Waals surface area contributed by atoms with Crippen LogP contribution in [-0.4, -0.2) is 57.3 Å². The molecule has 0 aliphatic rings. The molecular weight excluding hydrogens is 428 g/mol. The van der Waals surface area contributed by atoms with E-state index in [0.717, 1.165) is 11.1 Å². The van der Waals surface area contributed by atoms with E-state index < -0.39 is 12.1 Å². The summed E-state index contributed by atoms with van der Waals surface area (Å²) in [5, 5.41) is 2.62. The third-order valence-corrected chi connectivity index (χ3v) is 4.73. The fourth-order valence-electron chi connectivity index (χ4n) is 2.99. The summed E-state index contributed by atoms with van der Waals surface area (Å²) in [5.41, 5.74) is 1.63. The average molecular weight is 459 g/mol. The van der Waals surface area contributed by atoms with Gasteiger partial charge in [-0.15, -0.1) is 0 Å². The topological polar surface area (TPSA) is 103 Å². The first-order valence-corrected chi connectivity index (χ1v) is 10.5. The standard InChI is InChI=1S/C24H30N2O7/c1-30-20-12-19(13-21(14-20)31-2)15-26(16-23(28)32-3)22(27)10-7-11-25-24(29)33-17-18-8-5-4-6-9-18/h4-6,8-9,12-14H,7,10-11,15-17H2,1-3H3,(H,25,29). The molecule has 0 fully saturated rings. The second kappa shape index (κ2) is 13.6. The zero-order valence-electron chi connectivity index (χ0n) is 19.2. The van der Waals surface area contributed by atoms with E-state index in [0.29, 0.717) is 17.9 Å². The molecule has 0 bridgehead atoms. The van der Waals surface area contributed by atoms with Crippen LogP contribution in [0.2, 0.25) is 0 Å². The van der Waals surface area contributed by atoms with Crippen LogP contribution in [0.1, 0.15) is 24.0 Å². The number of hydrogen-bond donors (Lipinski definition) is 1. The molecule has 2 aromatic carbocycles. The maximum absolute atomic E-state index is 12.8. The van der Waals surface area contributed by atoms with E-state index in [1.54, 1.807) is 18.2 Å². The molecular formula is C24H30N2O7. The molecule has 0 radical (unpaired) electrons. The summed E-state index contributed by atoms with van der Waals surface area (Å²) >= 11 is 0. The molecule has 0 spiro atoms. The Morgan fingerprint density at radius 3 is 2.18 bits per heavy atom. The van der Waals surface area contributed by atoms with Crippen molar-refractivity contribution in [1.29, 1.82) is 0 Å². The molecule has 9 heteroatoms. The highest BCUT2D eigenvalue weighted by atomic mass is 16.5. The molecule has 0 atom stereocenters. The minimum Gasteiger partial charge on any atom is -0.497 e. The molecule has 0 saturated carbocycles. The number of benzene rings is 2. The zero-order chi connectivity index (χ0) is 24.1. The number of carbonyl (C=O) groups excluding carboxylic acids is 3. The van der Waals surface area contributed by atoms with Crippen molar-refractivity contribution in [3.63, 3.8) is 0 Å². The number of esters is 1. The van der Waals surface area contributed by atoms with Crippen LogP contribution in [0, 0.1) is 0 Å². The highest BCUT2D eigenvalue weighted by Gasteiger charge is 2.19. The summed E-state index contributed by atoms with van der Waals surface area (Å²) in [6, 6.07) is 14.6. The van der Waals surface area contributed by atoms with Gasteiger partial charge in [-0.05, 0) is 29.7 Å². The summed E-state index contributed by atoms with van der Waals surface area (Å²) in [4.78, 5) is 37.8. The number of nitrogens with one attached hydrogen (secondary N) is 1. The summed E-state index contributed by atoms with van der Waals surface area (Å²) in [6.45, 7) is 0.413. The molecule has 0 heterocycles. The molecule has 0 unspecified atom stereocenters. The lowest BCUT2D eigenvalue weighted by molar-refractivity contribution is -0.147. The average Bonchev–Trinajstić information content (AvgIpc) is 2.84. The second-order valence-electron chi connectivity index (χ2n) is 7.14. The molecule has 0 aliphatic carbocycles. The number of ether oxygens (including phenoxy) is 4. The van der Waals surface area contributed by atoms with Crippen molar-refractivity contribution in [1.82, 2.24) is 10.2 Å². The molecule has 2 aromatic rings. The van der Waals surface area contributed by atoms with Crippen molar-refractivity contribution < 1.29 is 33.3 Å². The Labute approximate surface area is 193 Å². The van der Waals surface area contributed by atoms with Crippen LogP contribution in [0.4, 0.5) is 4.79 Å². The molecule has 178 valence electrons. The fourth-order valence-corrected chi connectivity index (χ4v) is 2.99. The van der Waals surface area contributed by atoms with Crippen molar-refractivity contribution >= 4 is 18.0 Å². The van der Waals surface area contributed by atoms with Crippen LogP contribution in [0.15, 0.2) is 48.5 Å². The number of methoxy groups -OCH3 is 3. The van der Waals surface area contributed by atoms with Gasteiger partial charge in [0.15, 0.2) is 0 Å². The first kappa shape index (κ1) is 25.5. The van der Waals surface area contributed by atoms with Gasteiger partial charge in [-0.3, -0.25) is 9.59 Å². The minimum atomic E-state index is -0.554. The van der Waals surface area contributed by atoms with Gasteiger partial charge < -0.3 is 29.2 Å². The van der Waals surface area contributed by atoms with Crippen molar-refractivity contribution in [3.05, 3.63) is 59.7 Å². The van der Waals surface area contributed by atoms with Crippen molar-refractivity contribution in [2.75, 3.05) is 34.4 Å². The quantitative estimate of drug-likeness (QED) is 0.385. The van der Waals surface area contributed by atoms with Gasteiger partial charge in [-0.25, -0.2) is 4.79 Å². The third kappa shape index (κ3) is 9.10. The highest BCUT2D eigenvalue weighted by Crippen LogP contribution is 2.23. The maximum atomic E-state index is 12.8. The van der Waals surface area contributed by atoms with E-state index in [4.69, 9.17) is 18.9 Å². The van der Waals surface area contributed by atoms with E-state index >= 15 is 0 Å². The lowest BCUT2D eigenvalue weighted by Gasteiger charge is -2.22. The summed E-state index contributed by atoms with van der Waals surface area (Å²) in [5.74, 6) is 0.378. The number of amides is 2. The van der Waals surface area contributed by atoms with Gasteiger partial charge >= 0.3 is 12.1 Å². The van der Waals surface area contributed by atoms with Gasteiger partial charge in [0, 0.05) is 25.6 Å². The fraction of sp³-hybridized carbons (Fsp3) is 0.375. The molecule has 2 rings (SSSR count). The normalized spacial score (nSPS) is 10.2. The van der Waals surface area contributed by atoms with E-state index in [1.807, 2.05) is 30.3 Å². The number of hydrogen-bond acceptors (Lipinski definition) is 7. The van der Waals surface area contributed by atoms with E-state index in [2.05, 4.69) is 5.32 Å². The molecule has 0 aromatic heterocycles. The predicted octanol–water partition coefficient (Wildman–Crippen LogP) is 2.91. The maximum Gasteiger partial charge on any atom is 0.407 e. The van der Waals surface area contributed by atoms with Crippen molar-refractivity contribution in [2.45, 2.75) is 26.0 Å². The molecule has 33 heavy (non-hydrogen) atoms. The largest absolute Gasteiger partial charge is 0.497 e. The molecule has 2 amide bonds. The van der Waals surface area contributed by atoms with Crippen LogP contribution < -0.4 is 14.8 Å². The monoisotopic (exact) mass is 458 g/mol. The Morgan fingerprint density at radius 2 is 1.58 bits per heavy atom. The minimum absolute atomic E-state index is 0.136. The number of nitrogens with zero attached hydrogens (tertiary/aromatic N) is 1. The van der Waals surface area contributed by atoms with Crippen LogP contribution >= 0.6 is 0 Å². The molecule has 1 N–H and O–H groups in total. The SMILES string of the molecule is COC(=O)CN(Cc1cc(OC)cc(OC)c1)C(=O)CCCNC(=O)OCc1ccccc1. The van der Waals surface area contributed by atoms with Gasteiger partial charge in [-0.2, -0.15) is 0 Å². The lowest BCUT2D eigenvalue weighted by Crippen LogP contribution is -2.36. The van der Waals surface area contributed by atoms with E-state index in [1.165, 1.54) is 26.2 Å². The molecule has 0 saturated heterocycles. The van der Waals surface area contributed by atoms with Gasteiger partial charge in [0.05, 0.1) is 21.3 Å². The highest BCUT2D eigenvalue weighted by molar-refractivity contribution is 5.82. The van der Waals surface area contributed by atoms with E-state index in [-0.39, 0.29) is 38.6 Å².